The third kappa shape index (κ3) is 2.54. The second kappa shape index (κ2) is 5.95. The van der Waals surface area contributed by atoms with Crippen molar-refractivity contribution in [2.24, 2.45) is 0 Å². The topological polar surface area (TPSA) is 70.3 Å². The Labute approximate surface area is 128 Å². The summed E-state index contributed by atoms with van der Waals surface area (Å²) in [7, 11) is 0. The fraction of sp³-hybridized carbons (Fsp3) is 0.444. The van der Waals surface area contributed by atoms with Crippen LogP contribution in [0.2, 0.25) is 0 Å². The highest BCUT2D eigenvalue weighted by Gasteiger charge is 2.19. The van der Waals surface area contributed by atoms with Gasteiger partial charge in [-0.15, -0.1) is 0 Å². The van der Waals surface area contributed by atoms with Crippen LogP contribution in [-0.2, 0) is 19.3 Å². The number of carboxylic acids is 1. The first-order chi connectivity index (χ1) is 10.6. The van der Waals surface area contributed by atoms with E-state index in [-0.39, 0.29) is 11.2 Å². The van der Waals surface area contributed by atoms with Gasteiger partial charge in [0.2, 0.25) is 0 Å². The van der Waals surface area contributed by atoms with Gasteiger partial charge in [0, 0.05) is 6.07 Å². The molecule has 3 rings (SSSR count). The molecule has 0 aliphatic heterocycles. The van der Waals surface area contributed by atoms with E-state index in [4.69, 9.17) is 4.42 Å². The van der Waals surface area contributed by atoms with Crippen molar-refractivity contribution in [2.75, 3.05) is 0 Å². The fourth-order valence-corrected chi connectivity index (χ4v) is 3.40. The maximum absolute atomic E-state index is 12.3. The van der Waals surface area contributed by atoms with Crippen LogP contribution in [0, 0.1) is 0 Å². The number of benzene rings is 1. The van der Waals surface area contributed by atoms with Crippen molar-refractivity contribution in [1.29, 1.82) is 0 Å². The van der Waals surface area contributed by atoms with Gasteiger partial charge in [0.25, 0.3) is 0 Å². The minimum Gasteiger partial charge on any atom is -0.542 e. The summed E-state index contributed by atoms with van der Waals surface area (Å²) < 4.78 is 5.53. The first kappa shape index (κ1) is 14.8. The van der Waals surface area contributed by atoms with E-state index in [1.165, 1.54) is 17.5 Å². The zero-order chi connectivity index (χ0) is 15.7. The molecule has 0 radical (unpaired) electrons. The van der Waals surface area contributed by atoms with Crippen LogP contribution in [0.15, 0.2) is 21.3 Å². The van der Waals surface area contributed by atoms with E-state index in [0.29, 0.717) is 11.0 Å². The van der Waals surface area contributed by atoms with Crippen LogP contribution in [0.3, 0.4) is 0 Å². The molecule has 4 heteroatoms. The van der Waals surface area contributed by atoms with Gasteiger partial charge in [-0.05, 0) is 54.9 Å². The summed E-state index contributed by atoms with van der Waals surface area (Å²) in [5, 5.41) is 11.6. The van der Waals surface area contributed by atoms with Crippen LogP contribution in [-0.4, -0.2) is 5.97 Å². The van der Waals surface area contributed by atoms with Crippen LogP contribution in [0.1, 0.15) is 59.9 Å². The lowest BCUT2D eigenvalue weighted by molar-refractivity contribution is -0.257. The number of carboxylic acid groups (broad SMARTS) is 1. The molecule has 0 saturated heterocycles. The molecule has 4 nitrogen and oxygen atoms in total. The van der Waals surface area contributed by atoms with Gasteiger partial charge in [-0.25, -0.2) is 0 Å². The van der Waals surface area contributed by atoms with Gasteiger partial charge in [-0.1, -0.05) is 19.8 Å². The molecule has 1 aliphatic rings. The number of carbonyl (C=O) groups is 1. The van der Waals surface area contributed by atoms with Crippen molar-refractivity contribution in [1.82, 2.24) is 0 Å². The van der Waals surface area contributed by atoms with Gasteiger partial charge < -0.3 is 14.3 Å². The largest absolute Gasteiger partial charge is 0.542 e. The summed E-state index contributed by atoms with van der Waals surface area (Å²) in [4.78, 5) is 23.3. The summed E-state index contributed by atoms with van der Waals surface area (Å²) in [5.74, 6) is -1.83. The molecule has 0 N–H and O–H groups in total. The Morgan fingerprint density at radius 2 is 2.00 bits per heavy atom. The van der Waals surface area contributed by atoms with Crippen molar-refractivity contribution in [3.05, 3.63) is 44.8 Å². The van der Waals surface area contributed by atoms with E-state index < -0.39 is 5.97 Å². The van der Waals surface area contributed by atoms with Crippen molar-refractivity contribution >= 4 is 16.9 Å². The minimum absolute atomic E-state index is 0.301. The predicted molar refractivity (Wildman–Crippen MR) is 82.1 cm³/mol. The van der Waals surface area contributed by atoms with Crippen LogP contribution < -0.4 is 10.5 Å². The summed E-state index contributed by atoms with van der Waals surface area (Å²) >= 11 is 0. The average Bonchev–Trinajstić information content (AvgIpc) is 2.73. The van der Waals surface area contributed by atoms with Gasteiger partial charge in [-0.2, -0.15) is 0 Å². The van der Waals surface area contributed by atoms with Crippen LogP contribution in [0.5, 0.6) is 0 Å². The summed E-state index contributed by atoms with van der Waals surface area (Å²) in [6.07, 6.45) is 7.10. The molecule has 0 amide bonds. The SMILES string of the molecule is CCCc1c2c(cc3c(=O)cc(C(=O)[O-])oc13)CCCCC2. The molecule has 0 bridgehead atoms. The maximum atomic E-state index is 12.3. The molecular formula is C18H19O4-. The Morgan fingerprint density at radius 3 is 2.73 bits per heavy atom. The molecule has 0 unspecified atom stereocenters. The number of carbonyl (C=O) groups excluding carboxylic acids is 1. The first-order valence-electron chi connectivity index (χ1n) is 7.94. The predicted octanol–water partition coefficient (Wildman–Crippen LogP) is 2.38. The third-order valence-corrected chi connectivity index (χ3v) is 4.40. The normalized spacial score (nSPS) is 14.6. The van der Waals surface area contributed by atoms with Crippen molar-refractivity contribution in [3.63, 3.8) is 0 Å². The van der Waals surface area contributed by atoms with E-state index in [1.54, 1.807) is 0 Å². The highest BCUT2D eigenvalue weighted by Crippen LogP contribution is 2.31. The second-order valence-corrected chi connectivity index (χ2v) is 5.94. The Hall–Kier alpha value is -2.10. The van der Waals surface area contributed by atoms with Crippen LogP contribution >= 0.6 is 0 Å². The van der Waals surface area contributed by atoms with E-state index in [9.17, 15) is 14.7 Å². The van der Waals surface area contributed by atoms with Gasteiger partial charge in [0.15, 0.2) is 11.2 Å². The molecular weight excluding hydrogens is 280 g/mol. The first-order valence-corrected chi connectivity index (χ1v) is 7.94. The molecule has 0 atom stereocenters. The number of aryl methyl sites for hydroxylation is 2. The number of aromatic carboxylic acids is 1. The Balaban J connectivity index is 2.36. The summed E-state index contributed by atoms with van der Waals surface area (Å²) in [6.45, 7) is 2.07. The van der Waals surface area contributed by atoms with E-state index in [0.717, 1.165) is 50.2 Å². The Kier molecular flexibility index (Phi) is 4.01. The molecule has 0 spiro atoms. The molecule has 0 fully saturated rings. The molecule has 1 aliphatic carbocycles. The second-order valence-electron chi connectivity index (χ2n) is 5.94. The molecule has 1 aromatic carbocycles. The van der Waals surface area contributed by atoms with E-state index >= 15 is 0 Å². The lowest BCUT2D eigenvalue weighted by Crippen LogP contribution is -2.24. The zero-order valence-electron chi connectivity index (χ0n) is 12.7. The number of rotatable bonds is 3. The standard InChI is InChI=1S/C18H20O4/c1-2-6-13-12-8-5-3-4-7-11(12)9-14-15(19)10-16(18(20)21)22-17(13)14/h9-10H,2-8H2,1H3,(H,20,21)/p-1. The van der Waals surface area contributed by atoms with Gasteiger partial charge in [0.05, 0.1) is 5.39 Å². The monoisotopic (exact) mass is 299 g/mol. The van der Waals surface area contributed by atoms with Crippen molar-refractivity contribution in [2.45, 2.75) is 51.9 Å². The molecule has 1 heterocycles. The van der Waals surface area contributed by atoms with E-state index in [2.05, 4.69) is 6.92 Å². The zero-order valence-corrected chi connectivity index (χ0v) is 12.7. The number of hydrogen-bond acceptors (Lipinski definition) is 4. The Morgan fingerprint density at radius 1 is 1.23 bits per heavy atom. The summed E-state index contributed by atoms with van der Waals surface area (Å²) in [6, 6.07) is 2.93. The minimum atomic E-state index is -1.45. The lowest BCUT2D eigenvalue weighted by Gasteiger charge is -2.15. The highest BCUT2D eigenvalue weighted by molar-refractivity contribution is 5.88. The fourth-order valence-electron chi connectivity index (χ4n) is 3.40. The molecule has 2 aromatic rings. The smallest absolute Gasteiger partial charge is 0.193 e. The Bertz CT molecular complexity index is 786. The number of fused-ring (bicyclic) bond motifs is 2. The van der Waals surface area contributed by atoms with Gasteiger partial charge >= 0.3 is 0 Å². The van der Waals surface area contributed by atoms with Crippen LogP contribution in [0.25, 0.3) is 11.0 Å². The van der Waals surface area contributed by atoms with Crippen molar-refractivity contribution in [3.8, 4) is 0 Å². The van der Waals surface area contributed by atoms with Crippen LogP contribution in [0.4, 0.5) is 0 Å². The molecule has 22 heavy (non-hydrogen) atoms. The highest BCUT2D eigenvalue weighted by atomic mass is 16.4. The number of hydrogen-bond donors (Lipinski definition) is 0. The van der Waals surface area contributed by atoms with Gasteiger partial charge in [0.1, 0.15) is 11.6 Å². The summed E-state index contributed by atoms with van der Waals surface area (Å²) in [5.41, 5.74) is 3.63. The molecule has 116 valence electrons. The quantitative estimate of drug-likeness (QED) is 0.816. The van der Waals surface area contributed by atoms with Gasteiger partial charge in [-0.3, -0.25) is 4.79 Å². The maximum Gasteiger partial charge on any atom is 0.193 e. The lowest BCUT2D eigenvalue weighted by atomic mass is 9.92. The third-order valence-electron chi connectivity index (χ3n) is 4.40. The van der Waals surface area contributed by atoms with Crippen molar-refractivity contribution < 1.29 is 14.3 Å². The average molecular weight is 299 g/mol. The van der Waals surface area contributed by atoms with E-state index in [1.807, 2.05) is 6.07 Å². The molecule has 0 saturated carbocycles. The molecule has 1 aromatic heterocycles.